The molecular weight excluding hydrogens is 444 g/mol. The Labute approximate surface area is 173 Å². The summed E-state index contributed by atoms with van der Waals surface area (Å²) < 4.78 is 17.0. The molecule has 144 valence electrons. The third kappa shape index (κ3) is 6.22. The summed E-state index contributed by atoms with van der Waals surface area (Å²) in [6, 6.07) is 7.45. The fourth-order valence-corrected chi connectivity index (χ4v) is 2.66. The van der Waals surface area contributed by atoms with Crippen molar-refractivity contribution in [3.8, 4) is 11.3 Å². The molecule has 2 rings (SSSR count). The average Bonchev–Trinajstić information content (AvgIpc) is 2.66. The van der Waals surface area contributed by atoms with Gasteiger partial charge in [0.1, 0.15) is 15.3 Å². The first-order chi connectivity index (χ1) is 12.3. The van der Waals surface area contributed by atoms with Crippen LogP contribution in [0, 0.1) is 5.82 Å². The standard InChI is InChI=1S/C15H11BrCl2FNO2.2C2H6/c1-15(16,14(21)22-2)9-6-12(20-13(18)7-9)8-3-4-11(19)10(17)5-8;2*1-2/h3-7H,1-2H3;2*1-2H3. The van der Waals surface area contributed by atoms with Crippen molar-refractivity contribution in [2.45, 2.75) is 38.9 Å². The van der Waals surface area contributed by atoms with Crippen LogP contribution < -0.4 is 0 Å². The summed E-state index contributed by atoms with van der Waals surface area (Å²) in [4.78, 5) is 16.1. The number of carbonyl (C=O) groups excluding carboxylic acids is 1. The second-order valence-corrected chi connectivity index (χ2v) is 7.07. The molecule has 1 aromatic heterocycles. The van der Waals surface area contributed by atoms with E-state index in [0.717, 1.165) is 0 Å². The van der Waals surface area contributed by atoms with Gasteiger partial charge in [-0.15, -0.1) is 0 Å². The highest BCUT2D eigenvalue weighted by Crippen LogP contribution is 2.35. The molecule has 0 saturated carbocycles. The lowest BCUT2D eigenvalue weighted by molar-refractivity contribution is -0.143. The van der Waals surface area contributed by atoms with E-state index in [2.05, 4.69) is 20.9 Å². The van der Waals surface area contributed by atoms with Crippen molar-refractivity contribution in [2.75, 3.05) is 7.11 Å². The van der Waals surface area contributed by atoms with Crippen molar-refractivity contribution in [2.24, 2.45) is 0 Å². The molecule has 0 aliphatic rings. The second-order valence-electron chi connectivity index (χ2n) is 4.69. The van der Waals surface area contributed by atoms with Crippen LogP contribution in [0.1, 0.15) is 40.2 Å². The topological polar surface area (TPSA) is 39.2 Å². The zero-order valence-electron chi connectivity index (χ0n) is 15.7. The number of rotatable bonds is 3. The molecule has 2 aromatic rings. The Morgan fingerprint density at radius 2 is 1.73 bits per heavy atom. The molecule has 0 bridgehead atoms. The zero-order valence-corrected chi connectivity index (χ0v) is 18.8. The molecular formula is C19H23BrCl2FNO2. The molecule has 0 radical (unpaired) electrons. The van der Waals surface area contributed by atoms with E-state index < -0.39 is 16.1 Å². The molecule has 1 heterocycles. The number of alkyl halides is 1. The largest absolute Gasteiger partial charge is 0.468 e. The number of pyridine rings is 1. The Balaban J connectivity index is 0.00000146. The first kappa shape index (κ1) is 24.8. The molecule has 1 atom stereocenters. The molecule has 3 nitrogen and oxygen atoms in total. The van der Waals surface area contributed by atoms with Crippen molar-refractivity contribution < 1.29 is 13.9 Å². The van der Waals surface area contributed by atoms with Crippen molar-refractivity contribution in [1.29, 1.82) is 0 Å². The van der Waals surface area contributed by atoms with Crippen LogP contribution in [0.2, 0.25) is 10.2 Å². The quantitative estimate of drug-likeness (QED) is 0.277. The summed E-state index contributed by atoms with van der Waals surface area (Å²) in [7, 11) is 1.30. The molecule has 0 saturated heterocycles. The van der Waals surface area contributed by atoms with E-state index in [1.807, 2.05) is 27.7 Å². The summed E-state index contributed by atoms with van der Waals surface area (Å²) in [6.45, 7) is 9.64. The smallest absolute Gasteiger partial charge is 0.326 e. The Kier molecular flexibility index (Phi) is 11.0. The highest BCUT2D eigenvalue weighted by Gasteiger charge is 2.34. The average molecular weight is 467 g/mol. The maximum Gasteiger partial charge on any atom is 0.326 e. The van der Waals surface area contributed by atoms with Gasteiger partial charge in [-0.05, 0) is 42.8 Å². The van der Waals surface area contributed by atoms with Crippen LogP contribution in [0.25, 0.3) is 11.3 Å². The summed E-state index contributed by atoms with van der Waals surface area (Å²) in [5.74, 6) is -0.995. The summed E-state index contributed by atoms with van der Waals surface area (Å²) in [6.07, 6.45) is 0. The maximum atomic E-state index is 13.3. The predicted octanol–water partition coefficient (Wildman–Crippen LogP) is 7.03. The fourth-order valence-electron chi connectivity index (χ4n) is 1.88. The third-order valence-corrected chi connectivity index (χ3v) is 4.39. The van der Waals surface area contributed by atoms with E-state index in [4.69, 9.17) is 27.9 Å². The first-order valence-electron chi connectivity index (χ1n) is 8.16. The highest BCUT2D eigenvalue weighted by molar-refractivity contribution is 9.10. The van der Waals surface area contributed by atoms with E-state index in [1.165, 1.54) is 25.3 Å². The molecule has 0 spiro atoms. The van der Waals surface area contributed by atoms with Crippen LogP contribution >= 0.6 is 39.1 Å². The number of aromatic nitrogens is 1. The lowest BCUT2D eigenvalue weighted by Crippen LogP contribution is -2.27. The lowest BCUT2D eigenvalue weighted by Gasteiger charge is -2.20. The van der Waals surface area contributed by atoms with Crippen LogP contribution in [-0.2, 0) is 13.9 Å². The predicted molar refractivity (Wildman–Crippen MR) is 111 cm³/mol. The van der Waals surface area contributed by atoms with Crippen molar-refractivity contribution >= 4 is 45.1 Å². The van der Waals surface area contributed by atoms with Gasteiger partial charge in [-0.3, -0.25) is 4.79 Å². The molecule has 0 aliphatic heterocycles. The Bertz CT molecular complexity index is 739. The first-order valence-corrected chi connectivity index (χ1v) is 9.71. The number of carbonyl (C=O) groups is 1. The molecule has 7 heteroatoms. The van der Waals surface area contributed by atoms with Crippen LogP contribution in [0.4, 0.5) is 4.39 Å². The minimum absolute atomic E-state index is 0.0182. The number of nitrogens with zero attached hydrogens (tertiary/aromatic N) is 1. The van der Waals surface area contributed by atoms with Crippen LogP contribution in [0.5, 0.6) is 0 Å². The molecule has 1 unspecified atom stereocenters. The fraction of sp³-hybridized carbons (Fsp3) is 0.368. The molecule has 0 N–H and O–H groups in total. The van der Waals surface area contributed by atoms with E-state index in [-0.39, 0.29) is 10.2 Å². The number of methoxy groups -OCH3 is 1. The van der Waals surface area contributed by atoms with Gasteiger partial charge in [0.15, 0.2) is 0 Å². The van der Waals surface area contributed by atoms with Gasteiger partial charge in [0, 0.05) is 5.56 Å². The minimum Gasteiger partial charge on any atom is -0.468 e. The molecule has 0 aliphatic carbocycles. The van der Waals surface area contributed by atoms with Crippen molar-refractivity contribution in [3.63, 3.8) is 0 Å². The number of ether oxygens (including phenoxy) is 1. The molecule has 0 amide bonds. The monoisotopic (exact) mass is 465 g/mol. The van der Waals surface area contributed by atoms with Gasteiger partial charge < -0.3 is 4.74 Å². The minimum atomic E-state index is -1.08. The number of benzene rings is 1. The van der Waals surface area contributed by atoms with Crippen LogP contribution in [0.3, 0.4) is 0 Å². The number of esters is 1. The van der Waals surface area contributed by atoms with E-state index in [0.29, 0.717) is 16.8 Å². The number of hydrogen-bond donors (Lipinski definition) is 0. The molecule has 26 heavy (non-hydrogen) atoms. The summed E-state index contributed by atoms with van der Waals surface area (Å²) in [5, 5.41) is 0.179. The Hall–Kier alpha value is -1.17. The number of hydrogen-bond acceptors (Lipinski definition) is 3. The van der Waals surface area contributed by atoms with Gasteiger partial charge in [-0.2, -0.15) is 0 Å². The maximum absolute atomic E-state index is 13.3. The Morgan fingerprint density at radius 3 is 2.23 bits per heavy atom. The van der Waals surface area contributed by atoms with Crippen molar-refractivity contribution in [1.82, 2.24) is 4.98 Å². The van der Waals surface area contributed by atoms with Gasteiger partial charge in [-0.25, -0.2) is 9.37 Å². The van der Waals surface area contributed by atoms with Crippen LogP contribution in [-0.4, -0.2) is 18.1 Å². The lowest BCUT2D eigenvalue weighted by atomic mass is 9.99. The zero-order chi connectivity index (χ0) is 20.5. The summed E-state index contributed by atoms with van der Waals surface area (Å²) >= 11 is 15.2. The third-order valence-electron chi connectivity index (χ3n) is 3.12. The van der Waals surface area contributed by atoms with Crippen molar-refractivity contribution in [3.05, 3.63) is 51.9 Å². The Morgan fingerprint density at radius 1 is 1.15 bits per heavy atom. The normalized spacial score (nSPS) is 11.9. The second kappa shape index (κ2) is 11.5. The van der Waals surface area contributed by atoms with E-state index in [1.54, 1.807) is 19.1 Å². The highest BCUT2D eigenvalue weighted by atomic mass is 79.9. The number of halogens is 4. The van der Waals surface area contributed by atoms with Gasteiger partial charge in [0.25, 0.3) is 0 Å². The van der Waals surface area contributed by atoms with Gasteiger partial charge in [0.2, 0.25) is 0 Å². The van der Waals surface area contributed by atoms with Gasteiger partial charge in [-0.1, -0.05) is 66.8 Å². The summed E-state index contributed by atoms with van der Waals surface area (Å²) in [5.41, 5.74) is 1.62. The van der Waals surface area contributed by atoms with Crippen LogP contribution in [0.15, 0.2) is 30.3 Å². The molecule has 1 aromatic carbocycles. The van der Waals surface area contributed by atoms with Gasteiger partial charge in [0.05, 0.1) is 17.8 Å². The van der Waals surface area contributed by atoms with E-state index in [9.17, 15) is 9.18 Å². The van der Waals surface area contributed by atoms with Gasteiger partial charge >= 0.3 is 5.97 Å². The molecule has 0 fully saturated rings. The van der Waals surface area contributed by atoms with E-state index >= 15 is 0 Å². The SMILES string of the molecule is CC.CC.COC(=O)C(C)(Br)c1cc(Cl)nc(-c2ccc(F)c(Cl)c2)c1.